The van der Waals surface area contributed by atoms with E-state index in [0.717, 1.165) is 32.1 Å². The van der Waals surface area contributed by atoms with Gasteiger partial charge in [0.05, 0.1) is 13.2 Å². The summed E-state index contributed by atoms with van der Waals surface area (Å²) in [6, 6.07) is 18.8. The molecule has 0 saturated carbocycles. The summed E-state index contributed by atoms with van der Waals surface area (Å²) in [5.41, 5.74) is 1.99. The number of fused-ring (bicyclic) bond motifs is 1. The minimum absolute atomic E-state index is 0.222. The highest BCUT2D eigenvalue weighted by molar-refractivity contribution is 9.10. The van der Waals surface area contributed by atoms with Gasteiger partial charge in [0.1, 0.15) is 11.4 Å². The van der Waals surface area contributed by atoms with E-state index >= 15 is 0 Å². The van der Waals surface area contributed by atoms with E-state index < -0.39 is 6.03 Å². The maximum Gasteiger partial charge on any atom is 0.329 e. The lowest BCUT2D eigenvalue weighted by Crippen LogP contribution is -2.30. The van der Waals surface area contributed by atoms with Crippen LogP contribution >= 0.6 is 15.9 Å². The van der Waals surface area contributed by atoms with Crippen molar-refractivity contribution >= 4 is 44.7 Å². The normalized spacial score (nSPS) is 15.2. The zero-order chi connectivity index (χ0) is 20.4. The van der Waals surface area contributed by atoms with Crippen LogP contribution in [0, 0.1) is 0 Å². The molecule has 1 aliphatic rings. The number of ether oxygens (including phenoxy) is 1. The first-order valence-electron chi connectivity index (χ1n) is 9.30. The van der Waals surface area contributed by atoms with Crippen molar-refractivity contribution in [2.24, 2.45) is 0 Å². The van der Waals surface area contributed by atoms with Crippen molar-refractivity contribution in [1.82, 2.24) is 10.2 Å². The van der Waals surface area contributed by atoms with Gasteiger partial charge < -0.3 is 10.1 Å². The van der Waals surface area contributed by atoms with Gasteiger partial charge in [-0.25, -0.2) is 4.79 Å². The lowest BCUT2D eigenvalue weighted by Gasteiger charge is -2.12. The third-order valence-corrected chi connectivity index (χ3v) is 5.26. The van der Waals surface area contributed by atoms with Gasteiger partial charge in [-0.1, -0.05) is 58.4 Å². The highest BCUT2D eigenvalue weighted by Gasteiger charge is 2.33. The zero-order valence-electron chi connectivity index (χ0n) is 15.8. The van der Waals surface area contributed by atoms with Gasteiger partial charge in [-0.2, -0.15) is 0 Å². The van der Waals surface area contributed by atoms with Crippen LogP contribution in [0.25, 0.3) is 16.8 Å². The Bertz CT molecular complexity index is 1120. The van der Waals surface area contributed by atoms with Crippen LogP contribution in [0.5, 0.6) is 5.75 Å². The summed E-state index contributed by atoms with van der Waals surface area (Å²) in [6.45, 7) is 2.74. The molecule has 0 unspecified atom stereocenters. The van der Waals surface area contributed by atoms with Crippen LogP contribution in [0.15, 0.2) is 70.8 Å². The molecule has 5 nitrogen and oxygen atoms in total. The Hall–Kier alpha value is -3.12. The van der Waals surface area contributed by atoms with Gasteiger partial charge in [-0.3, -0.25) is 9.69 Å². The molecular weight excluding hydrogens is 432 g/mol. The predicted octanol–water partition coefficient (Wildman–Crippen LogP) is 5.09. The molecule has 0 spiro atoms. The van der Waals surface area contributed by atoms with E-state index in [0.29, 0.717) is 6.61 Å². The first kappa shape index (κ1) is 19.2. The molecule has 3 amide bonds. The fourth-order valence-corrected chi connectivity index (χ4v) is 3.61. The van der Waals surface area contributed by atoms with Gasteiger partial charge in [0, 0.05) is 9.86 Å². The molecule has 6 heteroatoms. The van der Waals surface area contributed by atoms with Crippen molar-refractivity contribution in [3.8, 4) is 5.75 Å². The standard InChI is InChI=1S/C23H19BrN2O3/c1-2-29-21-12-9-16(18-5-3-4-6-19(18)21)13-20-22(27)26(23(28)25-20)14-15-7-10-17(24)11-8-15/h3-13H,2,14H2,1H3,(H,25,28)/b20-13+. The summed E-state index contributed by atoms with van der Waals surface area (Å²) >= 11 is 3.39. The Morgan fingerprint density at radius 3 is 2.45 bits per heavy atom. The molecule has 1 fully saturated rings. The Morgan fingerprint density at radius 2 is 1.72 bits per heavy atom. The fourth-order valence-electron chi connectivity index (χ4n) is 3.35. The predicted molar refractivity (Wildman–Crippen MR) is 116 cm³/mol. The molecule has 3 aromatic rings. The average Bonchev–Trinajstić information content (AvgIpc) is 2.99. The molecular formula is C23H19BrN2O3. The third-order valence-electron chi connectivity index (χ3n) is 4.73. The van der Waals surface area contributed by atoms with Crippen LogP contribution in [0.3, 0.4) is 0 Å². The molecule has 29 heavy (non-hydrogen) atoms. The van der Waals surface area contributed by atoms with Crippen molar-refractivity contribution in [2.45, 2.75) is 13.5 Å². The first-order chi connectivity index (χ1) is 14.1. The van der Waals surface area contributed by atoms with Crippen molar-refractivity contribution in [2.75, 3.05) is 6.61 Å². The quantitative estimate of drug-likeness (QED) is 0.434. The van der Waals surface area contributed by atoms with Crippen LogP contribution in [0.1, 0.15) is 18.1 Å². The molecule has 1 N–H and O–H groups in total. The Labute approximate surface area is 177 Å². The third kappa shape index (κ3) is 3.89. The number of carbonyl (C=O) groups is 2. The largest absolute Gasteiger partial charge is 0.493 e. The zero-order valence-corrected chi connectivity index (χ0v) is 17.4. The number of imide groups is 1. The van der Waals surface area contributed by atoms with E-state index in [1.165, 1.54) is 4.90 Å². The van der Waals surface area contributed by atoms with Crippen LogP contribution < -0.4 is 10.1 Å². The number of carbonyl (C=O) groups excluding carboxylic acids is 2. The molecule has 0 radical (unpaired) electrons. The minimum Gasteiger partial charge on any atom is -0.493 e. The number of amides is 3. The highest BCUT2D eigenvalue weighted by atomic mass is 79.9. The smallest absolute Gasteiger partial charge is 0.329 e. The second-order valence-corrected chi connectivity index (χ2v) is 7.55. The van der Waals surface area contributed by atoms with Crippen LogP contribution in [0.2, 0.25) is 0 Å². The molecule has 0 atom stereocenters. The topological polar surface area (TPSA) is 58.6 Å². The Morgan fingerprint density at radius 1 is 1.00 bits per heavy atom. The minimum atomic E-state index is -0.417. The van der Waals surface area contributed by atoms with E-state index in [1.807, 2.05) is 67.6 Å². The molecule has 4 rings (SSSR count). The maximum absolute atomic E-state index is 12.8. The molecule has 0 aliphatic carbocycles. The molecule has 1 aliphatic heterocycles. The van der Waals surface area contributed by atoms with Crippen molar-refractivity contribution < 1.29 is 14.3 Å². The number of urea groups is 1. The van der Waals surface area contributed by atoms with E-state index in [9.17, 15) is 9.59 Å². The van der Waals surface area contributed by atoms with Crippen LogP contribution in [-0.4, -0.2) is 23.4 Å². The number of rotatable bonds is 5. The molecule has 146 valence electrons. The van der Waals surface area contributed by atoms with E-state index in [4.69, 9.17) is 4.74 Å². The van der Waals surface area contributed by atoms with E-state index in [1.54, 1.807) is 6.08 Å². The number of nitrogens with one attached hydrogen (secondary N) is 1. The molecule has 0 bridgehead atoms. The van der Waals surface area contributed by atoms with Gasteiger partial charge in [0.2, 0.25) is 0 Å². The van der Waals surface area contributed by atoms with Gasteiger partial charge in [0.15, 0.2) is 0 Å². The molecule has 3 aromatic carbocycles. The number of halogens is 1. The average molecular weight is 451 g/mol. The molecule has 0 aromatic heterocycles. The molecule has 1 saturated heterocycles. The van der Waals surface area contributed by atoms with Gasteiger partial charge in [-0.15, -0.1) is 0 Å². The van der Waals surface area contributed by atoms with E-state index in [2.05, 4.69) is 21.2 Å². The van der Waals surface area contributed by atoms with Crippen molar-refractivity contribution in [1.29, 1.82) is 0 Å². The lowest BCUT2D eigenvalue weighted by atomic mass is 10.0. The monoisotopic (exact) mass is 450 g/mol. The fraction of sp³-hybridized carbons (Fsp3) is 0.130. The summed E-state index contributed by atoms with van der Waals surface area (Å²) in [5, 5.41) is 4.62. The second-order valence-electron chi connectivity index (χ2n) is 6.64. The highest BCUT2D eigenvalue weighted by Crippen LogP contribution is 2.30. The lowest BCUT2D eigenvalue weighted by molar-refractivity contribution is -0.123. The Balaban J connectivity index is 1.65. The maximum atomic E-state index is 12.8. The Kier molecular flexibility index (Phi) is 5.36. The van der Waals surface area contributed by atoms with Crippen LogP contribution in [0.4, 0.5) is 4.79 Å². The summed E-state index contributed by atoms with van der Waals surface area (Å²) in [7, 11) is 0. The van der Waals surface area contributed by atoms with Crippen LogP contribution in [-0.2, 0) is 11.3 Å². The summed E-state index contributed by atoms with van der Waals surface area (Å²) in [6.07, 6.45) is 1.72. The summed E-state index contributed by atoms with van der Waals surface area (Å²) < 4.78 is 6.65. The first-order valence-corrected chi connectivity index (χ1v) is 10.1. The number of nitrogens with zero attached hydrogens (tertiary/aromatic N) is 1. The SMILES string of the molecule is CCOc1ccc(/C=C2/NC(=O)N(Cc3ccc(Br)cc3)C2=O)c2ccccc12. The molecule has 1 heterocycles. The van der Waals surface area contributed by atoms with E-state index in [-0.39, 0.29) is 18.1 Å². The van der Waals surface area contributed by atoms with Crippen molar-refractivity contribution in [3.05, 3.63) is 82.0 Å². The summed E-state index contributed by atoms with van der Waals surface area (Å²) in [5.74, 6) is 0.458. The number of hydrogen-bond donors (Lipinski definition) is 1. The number of hydrogen-bond acceptors (Lipinski definition) is 3. The van der Waals surface area contributed by atoms with Gasteiger partial charge >= 0.3 is 6.03 Å². The summed E-state index contributed by atoms with van der Waals surface area (Å²) in [4.78, 5) is 26.4. The van der Waals surface area contributed by atoms with Crippen molar-refractivity contribution in [3.63, 3.8) is 0 Å². The second kappa shape index (κ2) is 8.09. The van der Waals surface area contributed by atoms with Gasteiger partial charge in [0.25, 0.3) is 5.91 Å². The van der Waals surface area contributed by atoms with Gasteiger partial charge in [-0.05, 0) is 47.7 Å². The number of benzene rings is 3.